The highest BCUT2D eigenvalue weighted by Crippen LogP contribution is 2.24. The molecule has 1 aromatic carbocycles. The minimum absolute atomic E-state index is 0.0553. The van der Waals surface area contributed by atoms with E-state index in [4.69, 9.17) is 5.84 Å². The highest BCUT2D eigenvalue weighted by atomic mass is 32.2. The maximum Gasteiger partial charge on any atom is 0.573 e. The molecule has 2 rings (SSSR count). The molecule has 1 amide bonds. The molecular weight excluding hydrogens is 363 g/mol. The summed E-state index contributed by atoms with van der Waals surface area (Å²) in [5.74, 6) is 4.53. The van der Waals surface area contributed by atoms with Crippen LogP contribution in [0.2, 0.25) is 0 Å². The van der Waals surface area contributed by atoms with Crippen molar-refractivity contribution in [3.05, 3.63) is 40.3 Å². The number of alkyl halides is 3. The summed E-state index contributed by atoms with van der Waals surface area (Å²) in [7, 11) is 0. The molecule has 2 aromatic rings. The lowest BCUT2D eigenvalue weighted by Crippen LogP contribution is -2.32. The highest BCUT2D eigenvalue weighted by molar-refractivity contribution is 7.99. The number of anilines is 1. The minimum Gasteiger partial charge on any atom is -0.406 e. The summed E-state index contributed by atoms with van der Waals surface area (Å²) in [4.78, 5) is 23.4. The number of carbonyl (C=O) groups excluding carboxylic acids is 1. The van der Waals surface area contributed by atoms with Crippen molar-refractivity contribution in [2.24, 2.45) is 0 Å². The lowest BCUT2D eigenvalue weighted by molar-refractivity contribution is -0.274. The van der Waals surface area contributed by atoms with Gasteiger partial charge in [-0.2, -0.15) is 4.68 Å². The zero-order chi connectivity index (χ0) is 18.6. The van der Waals surface area contributed by atoms with Crippen molar-refractivity contribution in [2.45, 2.75) is 18.4 Å². The van der Waals surface area contributed by atoms with Crippen LogP contribution in [0.25, 0.3) is 0 Å². The number of nitrogens with one attached hydrogen (secondary N) is 1. The average molecular weight is 375 g/mol. The van der Waals surface area contributed by atoms with Gasteiger partial charge >= 0.3 is 6.36 Å². The molecular formula is C13H12F3N5O3S. The largest absolute Gasteiger partial charge is 0.573 e. The fourth-order valence-electron chi connectivity index (χ4n) is 1.64. The monoisotopic (exact) mass is 375 g/mol. The number of nitrogens with zero attached hydrogens (tertiary/aromatic N) is 3. The third kappa shape index (κ3) is 5.38. The minimum atomic E-state index is -4.78. The number of thioether (sulfide) groups is 1. The van der Waals surface area contributed by atoms with E-state index in [1.165, 1.54) is 19.1 Å². The van der Waals surface area contributed by atoms with Gasteiger partial charge in [0.05, 0.1) is 5.75 Å². The van der Waals surface area contributed by atoms with Gasteiger partial charge in [-0.1, -0.05) is 11.8 Å². The third-order valence-electron chi connectivity index (χ3n) is 2.72. The summed E-state index contributed by atoms with van der Waals surface area (Å²) in [6, 6.07) is 4.65. The van der Waals surface area contributed by atoms with Gasteiger partial charge in [-0.25, -0.2) is 0 Å². The molecule has 0 aliphatic heterocycles. The standard InChI is InChI=1S/C13H12F3N5O3S/c1-7-11(23)21(17)12(20-19-7)25-6-10(22)18-8-2-4-9(5-3-8)24-13(14,15)16/h2-5H,6,17H2,1H3,(H,18,22). The van der Waals surface area contributed by atoms with Crippen molar-refractivity contribution >= 4 is 23.4 Å². The number of benzene rings is 1. The number of nitrogens with two attached hydrogens (primary N) is 1. The van der Waals surface area contributed by atoms with Gasteiger partial charge in [0.15, 0.2) is 0 Å². The van der Waals surface area contributed by atoms with E-state index in [0.29, 0.717) is 0 Å². The molecule has 0 unspecified atom stereocenters. The quantitative estimate of drug-likeness (QED) is 0.598. The molecule has 0 fully saturated rings. The fourth-order valence-corrected chi connectivity index (χ4v) is 2.29. The molecule has 0 atom stereocenters. The predicted molar refractivity (Wildman–Crippen MR) is 83.7 cm³/mol. The summed E-state index contributed by atoms with van der Waals surface area (Å²) >= 11 is 0.887. The Morgan fingerprint density at radius 3 is 2.56 bits per heavy atom. The van der Waals surface area contributed by atoms with Gasteiger partial charge < -0.3 is 15.9 Å². The van der Waals surface area contributed by atoms with Crippen molar-refractivity contribution in [1.82, 2.24) is 14.9 Å². The molecule has 1 aromatic heterocycles. The Bertz CT molecular complexity index is 823. The van der Waals surface area contributed by atoms with Gasteiger partial charge in [-0.3, -0.25) is 9.59 Å². The van der Waals surface area contributed by atoms with Crippen LogP contribution in [0.5, 0.6) is 5.75 Å². The van der Waals surface area contributed by atoms with E-state index in [0.717, 1.165) is 28.6 Å². The van der Waals surface area contributed by atoms with Crippen LogP contribution in [-0.4, -0.2) is 32.9 Å². The number of amides is 1. The van der Waals surface area contributed by atoms with Crippen molar-refractivity contribution in [1.29, 1.82) is 0 Å². The number of nitrogen functional groups attached to an aromatic ring is 1. The Kier molecular flexibility index (Phi) is 5.51. The van der Waals surface area contributed by atoms with Crippen LogP contribution in [0.3, 0.4) is 0 Å². The number of ether oxygens (including phenoxy) is 1. The molecule has 0 spiro atoms. The van der Waals surface area contributed by atoms with E-state index in [-0.39, 0.29) is 22.3 Å². The molecule has 25 heavy (non-hydrogen) atoms. The van der Waals surface area contributed by atoms with Crippen LogP contribution in [0.4, 0.5) is 18.9 Å². The molecule has 0 saturated carbocycles. The van der Waals surface area contributed by atoms with Gasteiger partial charge in [0.25, 0.3) is 5.56 Å². The molecule has 0 saturated heterocycles. The molecule has 134 valence electrons. The molecule has 3 N–H and O–H groups in total. The topological polar surface area (TPSA) is 112 Å². The van der Waals surface area contributed by atoms with Crippen LogP contribution >= 0.6 is 11.8 Å². The van der Waals surface area contributed by atoms with Crippen molar-refractivity contribution < 1.29 is 22.7 Å². The summed E-state index contributed by atoms with van der Waals surface area (Å²) in [5.41, 5.74) is -0.129. The average Bonchev–Trinajstić information content (AvgIpc) is 2.52. The SMILES string of the molecule is Cc1nnc(SCC(=O)Nc2ccc(OC(F)(F)F)cc2)n(N)c1=O. The van der Waals surface area contributed by atoms with Crippen molar-refractivity contribution in [3.63, 3.8) is 0 Å². The first-order valence-corrected chi connectivity index (χ1v) is 7.64. The Hall–Kier alpha value is -2.76. The van der Waals surface area contributed by atoms with E-state index >= 15 is 0 Å². The number of carbonyl (C=O) groups is 1. The number of halogens is 3. The maximum absolute atomic E-state index is 12.1. The van der Waals surface area contributed by atoms with Crippen LogP contribution in [0.15, 0.2) is 34.2 Å². The highest BCUT2D eigenvalue weighted by Gasteiger charge is 2.30. The Labute approximate surface area is 143 Å². The number of hydrogen-bond donors (Lipinski definition) is 2. The van der Waals surface area contributed by atoms with Crippen LogP contribution in [0, 0.1) is 6.92 Å². The predicted octanol–water partition coefficient (Wildman–Crippen LogP) is 1.29. The lowest BCUT2D eigenvalue weighted by Gasteiger charge is -2.10. The second kappa shape index (κ2) is 7.42. The number of rotatable bonds is 5. The smallest absolute Gasteiger partial charge is 0.406 e. The second-order valence-electron chi connectivity index (χ2n) is 4.65. The zero-order valence-corrected chi connectivity index (χ0v) is 13.5. The maximum atomic E-state index is 12.1. The van der Waals surface area contributed by atoms with Crippen LogP contribution in [0.1, 0.15) is 5.69 Å². The molecule has 12 heteroatoms. The first kappa shape index (κ1) is 18.6. The Balaban J connectivity index is 1.92. The van der Waals surface area contributed by atoms with Crippen LogP contribution < -0.4 is 21.5 Å². The molecule has 0 bridgehead atoms. The summed E-state index contributed by atoms with van der Waals surface area (Å²) in [5, 5.41) is 9.86. The summed E-state index contributed by atoms with van der Waals surface area (Å²) in [6.07, 6.45) is -4.78. The number of aryl methyl sites for hydroxylation is 1. The second-order valence-corrected chi connectivity index (χ2v) is 5.59. The van der Waals surface area contributed by atoms with E-state index in [1.807, 2.05) is 0 Å². The zero-order valence-electron chi connectivity index (χ0n) is 12.7. The third-order valence-corrected chi connectivity index (χ3v) is 3.67. The summed E-state index contributed by atoms with van der Waals surface area (Å²) in [6.45, 7) is 1.45. The molecule has 0 aliphatic carbocycles. The first-order valence-electron chi connectivity index (χ1n) is 6.65. The molecule has 1 heterocycles. The van der Waals surface area contributed by atoms with Gasteiger partial charge in [0.1, 0.15) is 11.4 Å². The van der Waals surface area contributed by atoms with Crippen molar-refractivity contribution in [3.8, 4) is 5.75 Å². The molecule has 0 aliphatic rings. The molecule has 8 nitrogen and oxygen atoms in total. The summed E-state index contributed by atoms with van der Waals surface area (Å²) < 4.78 is 40.7. The van der Waals surface area contributed by atoms with Gasteiger partial charge in [0.2, 0.25) is 11.1 Å². The Morgan fingerprint density at radius 2 is 1.96 bits per heavy atom. The first-order chi connectivity index (χ1) is 11.7. The van der Waals surface area contributed by atoms with E-state index in [9.17, 15) is 22.8 Å². The lowest BCUT2D eigenvalue weighted by atomic mass is 10.3. The fraction of sp³-hybridized carbons (Fsp3) is 0.231. The molecule has 0 radical (unpaired) electrons. The Morgan fingerprint density at radius 1 is 1.32 bits per heavy atom. The normalized spacial score (nSPS) is 11.2. The number of hydrogen-bond acceptors (Lipinski definition) is 7. The van der Waals surface area contributed by atoms with E-state index in [2.05, 4.69) is 20.3 Å². The van der Waals surface area contributed by atoms with E-state index in [1.54, 1.807) is 0 Å². The number of aromatic nitrogens is 3. The van der Waals surface area contributed by atoms with Crippen LogP contribution in [-0.2, 0) is 4.79 Å². The van der Waals surface area contributed by atoms with E-state index < -0.39 is 23.6 Å². The van der Waals surface area contributed by atoms with Gasteiger partial charge in [-0.15, -0.1) is 23.4 Å². The van der Waals surface area contributed by atoms with Gasteiger partial charge in [-0.05, 0) is 31.2 Å². The van der Waals surface area contributed by atoms with Crippen molar-refractivity contribution in [2.75, 3.05) is 16.9 Å². The van der Waals surface area contributed by atoms with Gasteiger partial charge in [0, 0.05) is 5.69 Å².